The second kappa shape index (κ2) is 12.1. The third kappa shape index (κ3) is 6.29. The summed E-state index contributed by atoms with van der Waals surface area (Å²) in [6.45, 7) is 2.89. The Kier molecular flexibility index (Phi) is 8.43. The number of benzene rings is 3. The first-order chi connectivity index (χ1) is 18.0. The molecule has 0 aliphatic rings. The van der Waals surface area contributed by atoms with E-state index in [2.05, 4.69) is 39.3 Å². The lowest BCUT2D eigenvalue weighted by Gasteiger charge is -2.12. The van der Waals surface area contributed by atoms with E-state index in [1.807, 2.05) is 36.4 Å². The second-order valence-corrected chi connectivity index (χ2v) is 8.56. The largest absolute Gasteiger partial charge is 0.469 e. The monoisotopic (exact) mass is 499 g/mol. The summed E-state index contributed by atoms with van der Waals surface area (Å²) >= 11 is 0. The van der Waals surface area contributed by atoms with Gasteiger partial charge in [-0.05, 0) is 59.9 Å². The quantitative estimate of drug-likeness (QED) is 0.236. The molecular weight excluding hydrogens is 470 g/mol. The number of carbonyl (C=O) groups excluding carboxylic acids is 2. The van der Waals surface area contributed by atoms with E-state index in [-0.39, 0.29) is 18.3 Å². The molecule has 8 nitrogen and oxygen atoms in total. The maximum absolute atomic E-state index is 12.5. The number of aromatic nitrogens is 2. The zero-order valence-electron chi connectivity index (χ0n) is 21.1. The molecule has 1 aromatic heterocycles. The molecule has 0 atom stereocenters. The Morgan fingerprint density at radius 2 is 1.78 bits per heavy atom. The van der Waals surface area contributed by atoms with Gasteiger partial charge in [0.1, 0.15) is 0 Å². The first-order valence-electron chi connectivity index (χ1n) is 12.0. The number of rotatable bonds is 10. The minimum absolute atomic E-state index is 0.244. The maximum atomic E-state index is 12.5. The van der Waals surface area contributed by atoms with Crippen LogP contribution in [0.15, 0.2) is 71.3 Å². The van der Waals surface area contributed by atoms with Crippen LogP contribution in [0.25, 0.3) is 34.0 Å². The predicted molar refractivity (Wildman–Crippen MR) is 140 cm³/mol. The average Bonchev–Trinajstić information content (AvgIpc) is 3.42. The van der Waals surface area contributed by atoms with Gasteiger partial charge in [-0.15, -0.1) is 0 Å². The van der Waals surface area contributed by atoms with Crippen LogP contribution in [0.5, 0.6) is 0 Å². The smallest absolute Gasteiger partial charge is 0.305 e. The van der Waals surface area contributed by atoms with Gasteiger partial charge in [0.2, 0.25) is 5.82 Å². The minimum atomic E-state index is -0.302. The van der Waals surface area contributed by atoms with Crippen molar-refractivity contribution in [1.29, 1.82) is 0 Å². The molecule has 0 unspecified atom stereocenters. The highest BCUT2D eigenvalue weighted by Gasteiger charge is 2.16. The lowest BCUT2D eigenvalue weighted by Crippen LogP contribution is -2.25. The van der Waals surface area contributed by atoms with E-state index in [0.717, 1.165) is 22.3 Å². The summed E-state index contributed by atoms with van der Waals surface area (Å²) in [6.07, 6.45) is 0.750. The standard InChI is InChI=1S/C29H29N3O5/c1-19-8-4-5-11-24(19)25-14-13-22(17-23(25)18-35-2)29-31-27(32-37-29)20-9-6-10-21(16-20)28(34)30-15-7-12-26(33)36-3/h4-6,8-11,13-14,16-17H,7,12,15,18H2,1-3H3,(H,30,34). The molecule has 0 fully saturated rings. The zero-order chi connectivity index (χ0) is 26.2. The van der Waals surface area contributed by atoms with Crippen LogP contribution in [0.2, 0.25) is 0 Å². The van der Waals surface area contributed by atoms with Gasteiger partial charge in [0.25, 0.3) is 11.8 Å². The first-order valence-corrected chi connectivity index (χ1v) is 12.0. The molecule has 0 aliphatic heterocycles. The summed E-state index contributed by atoms with van der Waals surface area (Å²) in [7, 11) is 3.01. The molecule has 0 radical (unpaired) electrons. The number of nitrogens with zero attached hydrogens (tertiary/aromatic N) is 2. The fourth-order valence-corrected chi connectivity index (χ4v) is 4.04. The Morgan fingerprint density at radius 3 is 2.57 bits per heavy atom. The summed E-state index contributed by atoms with van der Waals surface area (Å²) in [5.74, 6) is 0.211. The predicted octanol–water partition coefficient (Wildman–Crippen LogP) is 5.21. The van der Waals surface area contributed by atoms with Crippen molar-refractivity contribution in [3.8, 4) is 34.0 Å². The molecule has 1 N–H and O–H groups in total. The lowest BCUT2D eigenvalue weighted by molar-refractivity contribution is -0.140. The van der Waals surface area contributed by atoms with E-state index < -0.39 is 0 Å². The van der Waals surface area contributed by atoms with Crippen LogP contribution in [-0.4, -0.2) is 42.8 Å². The second-order valence-electron chi connectivity index (χ2n) is 8.56. The number of aryl methyl sites for hydroxylation is 1. The molecule has 37 heavy (non-hydrogen) atoms. The Labute approximate surface area is 215 Å². The Hall–Kier alpha value is -4.30. The summed E-state index contributed by atoms with van der Waals surface area (Å²) in [4.78, 5) is 28.3. The normalized spacial score (nSPS) is 10.8. The highest BCUT2D eigenvalue weighted by molar-refractivity contribution is 5.95. The number of ether oxygens (including phenoxy) is 2. The number of methoxy groups -OCH3 is 2. The molecular formula is C29H29N3O5. The van der Waals surface area contributed by atoms with Crippen LogP contribution in [0.3, 0.4) is 0 Å². The van der Waals surface area contributed by atoms with Crippen LogP contribution in [0.1, 0.15) is 34.3 Å². The molecule has 4 aromatic rings. The van der Waals surface area contributed by atoms with Crippen molar-refractivity contribution in [2.24, 2.45) is 0 Å². The number of amides is 1. The molecule has 8 heteroatoms. The van der Waals surface area contributed by atoms with E-state index in [9.17, 15) is 9.59 Å². The molecule has 0 spiro atoms. The summed E-state index contributed by atoms with van der Waals surface area (Å²) in [6, 6.07) is 21.2. The molecule has 0 saturated heterocycles. The Morgan fingerprint density at radius 1 is 0.946 bits per heavy atom. The number of esters is 1. The number of hydrogen-bond acceptors (Lipinski definition) is 7. The van der Waals surface area contributed by atoms with Gasteiger partial charge >= 0.3 is 5.97 Å². The van der Waals surface area contributed by atoms with Crippen molar-refractivity contribution in [3.05, 3.63) is 83.4 Å². The van der Waals surface area contributed by atoms with E-state index in [1.165, 1.54) is 12.7 Å². The Balaban J connectivity index is 1.52. The third-order valence-corrected chi connectivity index (χ3v) is 5.97. The number of nitrogens with one attached hydrogen (secondary N) is 1. The van der Waals surface area contributed by atoms with Crippen molar-refractivity contribution in [2.45, 2.75) is 26.4 Å². The van der Waals surface area contributed by atoms with E-state index >= 15 is 0 Å². The molecule has 0 bridgehead atoms. The van der Waals surface area contributed by atoms with Gasteiger partial charge in [-0.25, -0.2) is 0 Å². The number of carbonyl (C=O) groups is 2. The van der Waals surface area contributed by atoms with E-state index in [1.54, 1.807) is 25.3 Å². The van der Waals surface area contributed by atoms with Gasteiger partial charge in [-0.1, -0.05) is 47.6 Å². The average molecular weight is 500 g/mol. The SMILES string of the molecule is COCc1cc(-c2nc(-c3cccc(C(=O)NCCCC(=O)OC)c3)no2)ccc1-c1ccccc1C. The topological polar surface area (TPSA) is 104 Å². The molecule has 1 amide bonds. The van der Waals surface area contributed by atoms with Crippen LogP contribution in [0, 0.1) is 6.92 Å². The van der Waals surface area contributed by atoms with Gasteiger partial charge in [-0.2, -0.15) is 4.98 Å². The van der Waals surface area contributed by atoms with Crippen molar-refractivity contribution >= 4 is 11.9 Å². The zero-order valence-corrected chi connectivity index (χ0v) is 21.1. The van der Waals surface area contributed by atoms with Crippen LogP contribution < -0.4 is 5.32 Å². The van der Waals surface area contributed by atoms with Gasteiger partial charge in [0.15, 0.2) is 0 Å². The molecule has 1 heterocycles. The van der Waals surface area contributed by atoms with Gasteiger partial charge in [0.05, 0.1) is 13.7 Å². The van der Waals surface area contributed by atoms with E-state index in [0.29, 0.717) is 42.4 Å². The van der Waals surface area contributed by atoms with Crippen LogP contribution in [-0.2, 0) is 20.9 Å². The summed E-state index contributed by atoms with van der Waals surface area (Å²) in [5, 5.41) is 6.94. The van der Waals surface area contributed by atoms with E-state index in [4.69, 9.17) is 9.26 Å². The fraction of sp³-hybridized carbons (Fsp3) is 0.241. The molecule has 0 aliphatic carbocycles. The molecule has 190 valence electrons. The summed E-state index contributed by atoms with van der Waals surface area (Å²) in [5.41, 5.74) is 6.34. The third-order valence-electron chi connectivity index (χ3n) is 5.97. The number of hydrogen-bond donors (Lipinski definition) is 1. The first kappa shape index (κ1) is 25.8. The van der Waals surface area contributed by atoms with Crippen molar-refractivity contribution in [3.63, 3.8) is 0 Å². The van der Waals surface area contributed by atoms with Crippen molar-refractivity contribution in [2.75, 3.05) is 20.8 Å². The molecule has 4 rings (SSSR count). The molecule has 0 saturated carbocycles. The van der Waals surface area contributed by atoms with Gasteiger partial charge in [-0.3, -0.25) is 9.59 Å². The van der Waals surface area contributed by atoms with Gasteiger partial charge in [0, 0.05) is 36.8 Å². The fourth-order valence-electron chi connectivity index (χ4n) is 4.04. The van der Waals surface area contributed by atoms with Crippen molar-refractivity contribution < 1.29 is 23.6 Å². The lowest BCUT2D eigenvalue weighted by atomic mass is 9.94. The highest BCUT2D eigenvalue weighted by Crippen LogP contribution is 2.31. The van der Waals surface area contributed by atoms with Crippen LogP contribution >= 0.6 is 0 Å². The molecule has 3 aromatic carbocycles. The highest BCUT2D eigenvalue weighted by atomic mass is 16.5. The maximum Gasteiger partial charge on any atom is 0.305 e. The summed E-state index contributed by atoms with van der Waals surface area (Å²) < 4.78 is 15.6. The van der Waals surface area contributed by atoms with Gasteiger partial charge < -0.3 is 19.3 Å². The van der Waals surface area contributed by atoms with Crippen LogP contribution in [0.4, 0.5) is 0 Å². The van der Waals surface area contributed by atoms with Crippen molar-refractivity contribution in [1.82, 2.24) is 15.5 Å². The minimum Gasteiger partial charge on any atom is -0.469 e. The Bertz CT molecular complexity index is 1400.